The molecule has 1 saturated heterocycles. The minimum Gasteiger partial charge on any atom is -0.449 e. The molecule has 0 radical (unpaired) electrons. The molecule has 8 nitrogen and oxygen atoms in total. The molecular formula is C22H26N2O6S. The summed E-state index contributed by atoms with van der Waals surface area (Å²) in [6.07, 6.45) is -1.16. The first-order chi connectivity index (χ1) is 14.7. The Morgan fingerprint density at radius 1 is 1.06 bits per heavy atom. The van der Waals surface area contributed by atoms with Crippen LogP contribution < -0.4 is 4.72 Å². The number of sulfonamides is 1. The third-order valence-corrected chi connectivity index (χ3v) is 6.16. The van der Waals surface area contributed by atoms with Crippen molar-refractivity contribution in [1.82, 2.24) is 4.90 Å². The SMILES string of the molecule is CC1CN(C(=O)C(C)OC(=O)c2cccc(NS(=O)(=O)c3ccccc3)c2)CC(C)O1. The van der Waals surface area contributed by atoms with Crippen LogP contribution in [-0.2, 0) is 24.3 Å². The quantitative estimate of drug-likeness (QED) is 0.685. The van der Waals surface area contributed by atoms with Gasteiger partial charge in [0.05, 0.1) is 22.7 Å². The second-order valence-electron chi connectivity index (χ2n) is 7.55. The van der Waals surface area contributed by atoms with Crippen molar-refractivity contribution in [2.45, 2.75) is 44.0 Å². The van der Waals surface area contributed by atoms with Gasteiger partial charge in [0.15, 0.2) is 6.10 Å². The standard InChI is InChI=1S/C22H26N2O6S/c1-15-13-24(14-16(2)29-15)21(25)17(3)30-22(26)18-8-7-9-19(12-18)23-31(27,28)20-10-5-4-6-11-20/h4-12,15-17,23H,13-14H2,1-3H3. The molecule has 0 spiro atoms. The highest BCUT2D eigenvalue weighted by Gasteiger charge is 2.30. The largest absolute Gasteiger partial charge is 0.449 e. The summed E-state index contributed by atoms with van der Waals surface area (Å²) in [5.74, 6) is -1.01. The van der Waals surface area contributed by atoms with Gasteiger partial charge >= 0.3 is 5.97 Å². The second-order valence-corrected chi connectivity index (χ2v) is 9.23. The minimum absolute atomic E-state index is 0.0927. The molecule has 3 rings (SSSR count). The summed E-state index contributed by atoms with van der Waals surface area (Å²) < 4.78 is 38.4. The molecule has 31 heavy (non-hydrogen) atoms. The van der Waals surface area contributed by atoms with Gasteiger partial charge in [-0.05, 0) is 51.1 Å². The molecule has 0 aliphatic carbocycles. The third kappa shape index (κ3) is 5.83. The highest BCUT2D eigenvalue weighted by molar-refractivity contribution is 7.92. The number of ether oxygens (including phenoxy) is 2. The lowest BCUT2D eigenvalue weighted by molar-refractivity contribution is -0.151. The van der Waals surface area contributed by atoms with Crippen LogP contribution in [-0.4, -0.2) is 56.6 Å². The topological polar surface area (TPSA) is 102 Å². The molecule has 1 aliphatic rings. The number of benzene rings is 2. The summed E-state index contributed by atoms with van der Waals surface area (Å²) in [7, 11) is -3.79. The van der Waals surface area contributed by atoms with E-state index in [1.165, 1.54) is 43.3 Å². The van der Waals surface area contributed by atoms with E-state index in [0.717, 1.165) is 0 Å². The van der Waals surface area contributed by atoms with Crippen molar-refractivity contribution in [2.24, 2.45) is 0 Å². The summed E-state index contributed by atoms with van der Waals surface area (Å²) >= 11 is 0. The van der Waals surface area contributed by atoms with Crippen LogP contribution in [0.2, 0.25) is 0 Å². The predicted octanol–water partition coefficient (Wildman–Crippen LogP) is 2.67. The van der Waals surface area contributed by atoms with Crippen molar-refractivity contribution in [3.8, 4) is 0 Å². The van der Waals surface area contributed by atoms with Crippen LogP contribution in [0.4, 0.5) is 5.69 Å². The molecule has 0 saturated carbocycles. The van der Waals surface area contributed by atoms with Crippen LogP contribution in [0.1, 0.15) is 31.1 Å². The van der Waals surface area contributed by atoms with Gasteiger partial charge in [-0.15, -0.1) is 0 Å². The molecule has 3 atom stereocenters. The number of amides is 1. The van der Waals surface area contributed by atoms with Crippen LogP contribution in [0.3, 0.4) is 0 Å². The average molecular weight is 447 g/mol. The normalized spacial score (nSPS) is 20.0. The molecule has 3 unspecified atom stereocenters. The number of hydrogen-bond donors (Lipinski definition) is 1. The van der Waals surface area contributed by atoms with Crippen molar-refractivity contribution in [3.63, 3.8) is 0 Å². The molecule has 0 bridgehead atoms. The number of morpholine rings is 1. The number of hydrogen-bond acceptors (Lipinski definition) is 6. The van der Waals surface area contributed by atoms with Crippen molar-refractivity contribution < 1.29 is 27.5 Å². The molecule has 1 fully saturated rings. The van der Waals surface area contributed by atoms with Gasteiger partial charge in [-0.25, -0.2) is 13.2 Å². The van der Waals surface area contributed by atoms with E-state index >= 15 is 0 Å². The fraction of sp³-hybridized carbons (Fsp3) is 0.364. The molecule has 0 aromatic heterocycles. The maximum absolute atomic E-state index is 12.7. The van der Waals surface area contributed by atoms with Gasteiger partial charge in [0.1, 0.15) is 0 Å². The Balaban J connectivity index is 1.66. The lowest BCUT2D eigenvalue weighted by Crippen LogP contribution is -2.51. The zero-order valence-corrected chi connectivity index (χ0v) is 18.5. The Bertz CT molecular complexity index is 1030. The highest BCUT2D eigenvalue weighted by Crippen LogP contribution is 2.19. The molecular weight excluding hydrogens is 420 g/mol. The number of nitrogens with zero attached hydrogens (tertiary/aromatic N) is 1. The number of carbonyl (C=O) groups is 2. The number of anilines is 1. The number of rotatable bonds is 6. The van der Waals surface area contributed by atoms with E-state index in [0.29, 0.717) is 13.1 Å². The average Bonchev–Trinajstić information content (AvgIpc) is 2.73. The first-order valence-corrected chi connectivity index (χ1v) is 11.5. The molecule has 2 aromatic carbocycles. The van der Waals surface area contributed by atoms with E-state index in [9.17, 15) is 18.0 Å². The van der Waals surface area contributed by atoms with Crippen molar-refractivity contribution in [1.29, 1.82) is 0 Å². The van der Waals surface area contributed by atoms with Crippen molar-refractivity contribution in [2.75, 3.05) is 17.8 Å². The summed E-state index contributed by atoms with van der Waals surface area (Å²) in [4.78, 5) is 27.0. The van der Waals surface area contributed by atoms with Gasteiger partial charge in [0, 0.05) is 18.8 Å². The van der Waals surface area contributed by atoms with E-state index in [-0.39, 0.29) is 34.3 Å². The van der Waals surface area contributed by atoms with Gasteiger partial charge < -0.3 is 14.4 Å². The molecule has 1 N–H and O–H groups in total. The van der Waals surface area contributed by atoms with Gasteiger partial charge in [-0.3, -0.25) is 9.52 Å². The van der Waals surface area contributed by atoms with Crippen LogP contribution >= 0.6 is 0 Å². The summed E-state index contributed by atoms with van der Waals surface area (Å²) in [6.45, 7) is 6.15. The Morgan fingerprint density at radius 2 is 1.71 bits per heavy atom. The maximum Gasteiger partial charge on any atom is 0.338 e. The summed E-state index contributed by atoms with van der Waals surface area (Å²) in [5.41, 5.74) is 0.352. The van der Waals surface area contributed by atoms with Crippen molar-refractivity contribution >= 4 is 27.6 Å². The number of carbonyl (C=O) groups excluding carboxylic acids is 2. The molecule has 166 valence electrons. The number of esters is 1. The molecule has 2 aromatic rings. The predicted molar refractivity (Wildman–Crippen MR) is 115 cm³/mol. The molecule has 9 heteroatoms. The van der Waals surface area contributed by atoms with E-state index in [4.69, 9.17) is 9.47 Å². The van der Waals surface area contributed by atoms with Crippen molar-refractivity contribution in [3.05, 3.63) is 60.2 Å². The third-order valence-electron chi connectivity index (χ3n) is 4.77. The monoisotopic (exact) mass is 446 g/mol. The second kappa shape index (κ2) is 9.49. The van der Waals surface area contributed by atoms with Crippen LogP contribution in [0.15, 0.2) is 59.5 Å². The van der Waals surface area contributed by atoms with Crippen LogP contribution in [0.25, 0.3) is 0 Å². The highest BCUT2D eigenvalue weighted by atomic mass is 32.2. The fourth-order valence-corrected chi connectivity index (χ4v) is 4.49. The van der Waals surface area contributed by atoms with E-state index in [1.54, 1.807) is 23.1 Å². The fourth-order valence-electron chi connectivity index (χ4n) is 3.42. The summed E-state index contributed by atoms with van der Waals surface area (Å²) in [5, 5.41) is 0. The van der Waals surface area contributed by atoms with Gasteiger partial charge in [0.25, 0.3) is 15.9 Å². The van der Waals surface area contributed by atoms with Gasteiger partial charge in [-0.1, -0.05) is 24.3 Å². The Morgan fingerprint density at radius 3 is 2.35 bits per heavy atom. The Hall–Kier alpha value is -2.91. The first kappa shape index (κ1) is 22.8. The number of nitrogens with one attached hydrogen (secondary N) is 1. The van der Waals surface area contributed by atoms with Gasteiger partial charge in [-0.2, -0.15) is 0 Å². The Kier molecular flexibility index (Phi) is 6.97. The first-order valence-electron chi connectivity index (χ1n) is 9.99. The van der Waals surface area contributed by atoms with Crippen LogP contribution in [0, 0.1) is 0 Å². The molecule has 1 heterocycles. The zero-order chi connectivity index (χ0) is 22.6. The maximum atomic E-state index is 12.7. The Labute approximate surface area is 182 Å². The minimum atomic E-state index is -3.79. The lowest BCUT2D eigenvalue weighted by atomic mass is 10.2. The van der Waals surface area contributed by atoms with E-state index < -0.39 is 22.1 Å². The summed E-state index contributed by atoms with van der Waals surface area (Å²) in [6, 6.07) is 13.9. The van der Waals surface area contributed by atoms with E-state index in [1.807, 2.05) is 13.8 Å². The zero-order valence-electron chi connectivity index (χ0n) is 17.6. The van der Waals surface area contributed by atoms with Gasteiger partial charge in [0.2, 0.25) is 0 Å². The molecule has 1 amide bonds. The molecule has 1 aliphatic heterocycles. The van der Waals surface area contributed by atoms with Crippen LogP contribution in [0.5, 0.6) is 0 Å². The lowest BCUT2D eigenvalue weighted by Gasteiger charge is -2.36. The van der Waals surface area contributed by atoms with E-state index in [2.05, 4.69) is 4.72 Å². The smallest absolute Gasteiger partial charge is 0.338 e.